The first kappa shape index (κ1) is 24.5. The summed E-state index contributed by atoms with van der Waals surface area (Å²) in [7, 11) is 0. The van der Waals surface area contributed by atoms with Crippen molar-refractivity contribution in [3.8, 4) is 11.1 Å². The lowest BCUT2D eigenvalue weighted by molar-refractivity contribution is -0.136. The van der Waals surface area contributed by atoms with Crippen molar-refractivity contribution in [1.29, 1.82) is 0 Å². The van der Waals surface area contributed by atoms with E-state index in [0.29, 0.717) is 31.4 Å². The molecule has 2 N–H and O–H groups in total. The predicted octanol–water partition coefficient (Wildman–Crippen LogP) is 3.60. The smallest absolute Gasteiger partial charge is 0.255 e. The molecule has 0 saturated carbocycles. The number of aliphatic hydroxyl groups is 1. The average molecular weight is 510 g/mol. The molecular formula is C31H31N3O4. The molecule has 6 rings (SSSR count). The molecule has 2 fully saturated rings. The number of piperidine rings is 2. The van der Waals surface area contributed by atoms with E-state index in [-0.39, 0.29) is 18.2 Å². The van der Waals surface area contributed by atoms with Crippen molar-refractivity contribution in [2.45, 2.75) is 50.4 Å². The van der Waals surface area contributed by atoms with Crippen LogP contribution >= 0.6 is 0 Å². The van der Waals surface area contributed by atoms with E-state index in [1.54, 1.807) is 11.0 Å². The first-order valence-electron chi connectivity index (χ1n) is 13.3. The van der Waals surface area contributed by atoms with E-state index < -0.39 is 17.6 Å². The molecule has 3 aromatic rings. The van der Waals surface area contributed by atoms with Crippen LogP contribution in [0, 0.1) is 0 Å². The molecule has 0 aliphatic carbocycles. The van der Waals surface area contributed by atoms with Crippen molar-refractivity contribution in [3.05, 3.63) is 95.1 Å². The summed E-state index contributed by atoms with van der Waals surface area (Å²) in [5.41, 5.74) is 4.91. The first-order chi connectivity index (χ1) is 18.4. The van der Waals surface area contributed by atoms with Gasteiger partial charge in [0.15, 0.2) is 0 Å². The highest BCUT2D eigenvalue weighted by atomic mass is 16.3. The maximum atomic E-state index is 13.0. The van der Waals surface area contributed by atoms with Crippen molar-refractivity contribution in [3.63, 3.8) is 0 Å². The third-order valence-electron chi connectivity index (χ3n) is 8.18. The van der Waals surface area contributed by atoms with Crippen molar-refractivity contribution < 1.29 is 19.5 Å². The molecule has 0 spiro atoms. The van der Waals surface area contributed by atoms with Crippen LogP contribution in [-0.4, -0.2) is 51.8 Å². The summed E-state index contributed by atoms with van der Waals surface area (Å²) in [6, 6.07) is 23.9. The number of rotatable bonds is 5. The quantitative estimate of drug-likeness (QED) is 0.513. The summed E-state index contributed by atoms with van der Waals surface area (Å²) in [4.78, 5) is 40.8. The normalized spacial score (nSPS) is 21.3. The van der Waals surface area contributed by atoms with Gasteiger partial charge in [0.05, 0.1) is 5.60 Å². The molecule has 3 aromatic carbocycles. The van der Waals surface area contributed by atoms with E-state index >= 15 is 0 Å². The van der Waals surface area contributed by atoms with Crippen LogP contribution in [0.15, 0.2) is 72.8 Å². The molecule has 0 aromatic heterocycles. The number of nitrogens with one attached hydrogen (secondary N) is 1. The Morgan fingerprint density at radius 2 is 1.66 bits per heavy atom. The lowest BCUT2D eigenvalue weighted by Gasteiger charge is -2.38. The van der Waals surface area contributed by atoms with Gasteiger partial charge in [-0.25, -0.2) is 0 Å². The minimum Gasteiger partial charge on any atom is -0.385 e. The van der Waals surface area contributed by atoms with Gasteiger partial charge in [-0.2, -0.15) is 0 Å². The van der Waals surface area contributed by atoms with Gasteiger partial charge in [-0.15, -0.1) is 0 Å². The maximum absolute atomic E-state index is 13.0. The number of carbonyl (C=O) groups excluding carboxylic acids is 3. The fourth-order valence-electron chi connectivity index (χ4n) is 5.97. The van der Waals surface area contributed by atoms with E-state index in [1.165, 1.54) is 16.7 Å². The Morgan fingerprint density at radius 3 is 2.42 bits per heavy atom. The molecule has 1 atom stereocenters. The van der Waals surface area contributed by atoms with Crippen LogP contribution in [-0.2, 0) is 28.3 Å². The van der Waals surface area contributed by atoms with Crippen LogP contribution < -0.4 is 5.32 Å². The fourth-order valence-corrected chi connectivity index (χ4v) is 5.97. The summed E-state index contributed by atoms with van der Waals surface area (Å²) >= 11 is 0. The van der Waals surface area contributed by atoms with Crippen molar-refractivity contribution in [2.24, 2.45) is 0 Å². The minimum atomic E-state index is -0.956. The minimum absolute atomic E-state index is 0.194. The number of benzene rings is 3. The monoisotopic (exact) mass is 509 g/mol. The Bertz CT molecular complexity index is 1400. The van der Waals surface area contributed by atoms with E-state index in [4.69, 9.17) is 0 Å². The number of hydrogen-bond acceptors (Lipinski definition) is 5. The standard InChI is InChI=1S/C31H31N3O4/c35-28-12-11-27(29(36)32-28)34-20-24-18-25(9-10-26(24)30(34)37)31(38)13-15-33(16-14-31)19-21-5-4-8-23(17-21)22-6-2-1-3-7-22/h1-10,17-18,27,38H,11-16,19-20H2,(H,32,35,36). The Balaban J connectivity index is 1.11. The molecule has 3 amide bonds. The highest BCUT2D eigenvalue weighted by molar-refractivity contribution is 6.05. The zero-order valence-electron chi connectivity index (χ0n) is 21.2. The summed E-state index contributed by atoms with van der Waals surface area (Å²) in [6.45, 7) is 2.68. The zero-order chi connectivity index (χ0) is 26.3. The number of hydrogen-bond donors (Lipinski definition) is 2. The average Bonchev–Trinajstić information content (AvgIpc) is 3.26. The number of fused-ring (bicyclic) bond motifs is 1. The number of amides is 3. The molecule has 2 saturated heterocycles. The van der Waals surface area contributed by atoms with Crippen LogP contribution in [0.4, 0.5) is 0 Å². The largest absolute Gasteiger partial charge is 0.385 e. The van der Waals surface area contributed by atoms with Crippen LogP contribution in [0.3, 0.4) is 0 Å². The highest BCUT2D eigenvalue weighted by Gasteiger charge is 2.40. The van der Waals surface area contributed by atoms with Gasteiger partial charge in [0.1, 0.15) is 6.04 Å². The third kappa shape index (κ3) is 4.64. The number of carbonyl (C=O) groups is 3. The molecule has 3 aliphatic heterocycles. The Labute approximate surface area is 222 Å². The van der Waals surface area contributed by atoms with Crippen molar-refractivity contribution in [2.75, 3.05) is 13.1 Å². The van der Waals surface area contributed by atoms with Crippen molar-refractivity contribution in [1.82, 2.24) is 15.1 Å². The molecule has 7 heteroatoms. The third-order valence-corrected chi connectivity index (χ3v) is 8.18. The van der Waals surface area contributed by atoms with E-state index in [1.807, 2.05) is 18.2 Å². The molecule has 1 unspecified atom stereocenters. The second kappa shape index (κ2) is 9.82. The summed E-state index contributed by atoms with van der Waals surface area (Å²) in [5.74, 6) is -0.904. The molecule has 3 heterocycles. The lowest BCUT2D eigenvalue weighted by Crippen LogP contribution is -2.52. The fraction of sp³-hybridized carbons (Fsp3) is 0.323. The van der Waals surface area contributed by atoms with Gasteiger partial charge < -0.3 is 10.0 Å². The van der Waals surface area contributed by atoms with Crippen LogP contribution in [0.1, 0.15) is 52.7 Å². The van der Waals surface area contributed by atoms with Crippen LogP contribution in [0.25, 0.3) is 11.1 Å². The Morgan fingerprint density at radius 1 is 0.895 bits per heavy atom. The molecule has 0 radical (unpaired) electrons. The van der Waals surface area contributed by atoms with Gasteiger partial charge in [0, 0.05) is 38.2 Å². The molecule has 7 nitrogen and oxygen atoms in total. The van der Waals surface area contributed by atoms with E-state index in [2.05, 4.69) is 58.7 Å². The van der Waals surface area contributed by atoms with Gasteiger partial charge in [0.2, 0.25) is 11.8 Å². The SMILES string of the molecule is O=C1CCC(N2Cc3cc(C4(O)CCN(Cc5cccc(-c6ccccc6)c5)CC4)ccc3C2=O)C(=O)N1. The van der Waals surface area contributed by atoms with Gasteiger partial charge in [-0.3, -0.25) is 24.6 Å². The lowest BCUT2D eigenvalue weighted by atomic mass is 9.83. The summed E-state index contributed by atoms with van der Waals surface area (Å²) in [6.07, 6.45) is 1.78. The molecule has 38 heavy (non-hydrogen) atoms. The van der Waals surface area contributed by atoms with Crippen LogP contribution in [0.2, 0.25) is 0 Å². The second-order valence-electron chi connectivity index (χ2n) is 10.6. The summed E-state index contributed by atoms with van der Waals surface area (Å²) in [5, 5.41) is 13.9. The number of imide groups is 1. The molecular weight excluding hydrogens is 478 g/mol. The van der Waals surface area contributed by atoms with Gasteiger partial charge >= 0.3 is 0 Å². The molecule has 0 bridgehead atoms. The Kier molecular flexibility index (Phi) is 6.33. The highest BCUT2D eigenvalue weighted by Crippen LogP contribution is 2.37. The topological polar surface area (TPSA) is 90.0 Å². The van der Waals surface area contributed by atoms with E-state index in [0.717, 1.165) is 30.8 Å². The molecule has 194 valence electrons. The Hall–Kier alpha value is -3.81. The zero-order valence-corrected chi connectivity index (χ0v) is 21.2. The molecule has 3 aliphatic rings. The predicted molar refractivity (Wildman–Crippen MR) is 143 cm³/mol. The number of likely N-dealkylation sites (tertiary alicyclic amines) is 1. The van der Waals surface area contributed by atoms with Gasteiger partial charge in [0.25, 0.3) is 5.91 Å². The first-order valence-corrected chi connectivity index (χ1v) is 13.3. The van der Waals surface area contributed by atoms with Gasteiger partial charge in [-0.1, -0.05) is 60.7 Å². The van der Waals surface area contributed by atoms with Gasteiger partial charge in [-0.05, 0) is 59.2 Å². The maximum Gasteiger partial charge on any atom is 0.255 e. The van der Waals surface area contributed by atoms with Crippen LogP contribution in [0.5, 0.6) is 0 Å². The number of nitrogens with zero attached hydrogens (tertiary/aromatic N) is 2. The van der Waals surface area contributed by atoms with Crippen molar-refractivity contribution >= 4 is 17.7 Å². The van der Waals surface area contributed by atoms with E-state index in [9.17, 15) is 19.5 Å². The second-order valence-corrected chi connectivity index (χ2v) is 10.6. The summed E-state index contributed by atoms with van der Waals surface area (Å²) < 4.78 is 0.